The van der Waals surface area contributed by atoms with Crippen LogP contribution in [-0.2, 0) is 9.30 Å². The molecule has 0 radical (unpaired) electrons. The lowest BCUT2D eigenvalue weighted by atomic mass is 10.1. The van der Waals surface area contributed by atoms with Crippen molar-refractivity contribution < 1.29 is 14.0 Å². The molecule has 1 saturated heterocycles. The Balaban J connectivity index is 1.37. The van der Waals surface area contributed by atoms with E-state index in [1.807, 2.05) is 24.4 Å². The number of ether oxygens (including phenoxy) is 2. The maximum atomic E-state index is 13.4. The number of aromatic nitrogens is 7. The fraction of sp³-hybridized carbons (Fsp3) is 0.259. The van der Waals surface area contributed by atoms with E-state index in [-0.39, 0.29) is 0 Å². The van der Waals surface area contributed by atoms with Crippen LogP contribution in [0.3, 0.4) is 0 Å². The minimum absolute atomic E-state index is 0.302. The molecule has 0 amide bonds. The highest BCUT2D eigenvalue weighted by molar-refractivity contribution is 9.10. The van der Waals surface area contributed by atoms with E-state index >= 15 is 0 Å². The Morgan fingerprint density at radius 1 is 1.05 bits per heavy atom. The van der Waals surface area contributed by atoms with Crippen molar-refractivity contribution >= 4 is 68.4 Å². The SMILES string of the molecule is COc1nc(N2CCOCC2)c(-c2cn[nH]c2)cc1Nc1ncc(Br)c(Nc2ccc3nccnc3c2P(C)(C)=O)n1. The maximum Gasteiger partial charge on any atom is 0.239 e. The first-order valence-corrected chi connectivity index (χ1v) is 16.5. The molecule has 0 saturated carbocycles. The zero-order valence-corrected chi connectivity index (χ0v) is 25.6. The molecular weight excluding hydrogens is 623 g/mol. The fourth-order valence-corrected chi connectivity index (χ4v) is 6.47. The van der Waals surface area contributed by atoms with Crippen LogP contribution in [0.5, 0.6) is 5.88 Å². The van der Waals surface area contributed by atoms with E-state index < -0.39 is 7.14 Å². The predicted molar refractivity (Wildman–Crippen MR) is 166 cm³/mol. The third-order valence-electron chi connectivity index (χ3n) is 6.68. The molecule has 216 valence electrons. The molecule has 0 aliphatic carbocycles. The standard InChI is InChI=1S/C27H28BrN10O3P/c1-40-26-21(12-17(16-13-32-33-14-16)25(37-26)38-8-10-41-11-9-38)35-27-31-15-18(28)24(36-27)34-20-5-4-19-22(30-7-6-29-19)23(20)42(2,3)39/h4-7,12-15H,8-11H2,1-3H3,(H,32,33)(H2,31,34,35,36). The summed E-state index contributed by atoms with van der Waals surface area (Å²) in [6.45, 7) is 6.08. The van der Waals surface area contributed by atoms with Gasteiger partial charge in [0.25, 0.3) is 0 Å². The Kier molecular flexibility index (Phi) is 7.76. The van der Waals surface area contributed by atoms with Gasteiger partial charge in [-0.15, -0.1) is 0 Å². The minimum atomic E-state index is -2.76. The van der Waals surface area contributed by atoms with Gasteiger partial charge in [-0.1, -0.05) is 0 Å². The van der Waals surface area contributed by atoms with Gasteiger partial charge in [-0.3, -0.25) is 15.1 Å². The number of methoxy groups -OCH3 is 1. The number of nitrogens with one attached hydrogen (secondary N) is 3. The number of aromatic amines is 1. The zero-order chi connectivity index (χ0) is 29.3. The number of halogens is 1. The Morgan fingerprint density at radius 3 is 2.60 bits per heavy atom. The first-order valence-electron chi connectivity index (χ1n) is 13.1. The first kappa shape index (κ1) is 28.0. The highest BCUT2D eigenvalue weighted by Crippen LogP contribution is 2.42. The van der Waals surface area contributed by atoms with Gasteiger partial charge >= 0.3 is 0 Å². The van der Waals surface area contributed by atoms with Gasteiger partial charge in [0.15, 0.2) is 0 Å². The van der Waals surface area contributed by atoms with Gasteiger partial charge in [0.2, 0.25) is 11.8 Å². The van der Waals surface area contributed by atoms with Crippen LogP contribution in [0.4, 0.5) is 29.0 Å². The van der Waals surface area contributed by atoms with Crippen LogP contribution in [0.2, 0.25) is 0 Å². The van der Waals surface area contributed by atoms with Crippen molar-refractivity contribution in [3.8, 4) is 17.0 Å². The van der Waals surface area contributed by atoms with Crippen molar-refractivity contribution in [3.63, 3.8) is 0 Å². The van der Waals surface area contributed by atoms with Crippen molar-refractivity contribution in [3.05, 3.63) is 53.7 Å². The van der Waals surface area contributed by atoms with Crippen molar-refractivity contribution in [2.24, 2.45) is 0 Å². The Hall–Kier alpha value is -4.13. The van der Waals surface area contributed by atoms with Crippen LogP contribution >= 0.6 is 23.1 Å². The third kappa shape index (κ3) is 5.65. The molecule has 42 heavy (non-hydrogen) atoms. The molecule has 0 bridgehead atoms. The second kappa shape index (κ2) is 11.6. The number of fused-ring (bicyclic) bond motifs is 1. The summed E-state index contributed by atoms with van der Waals surface area (Å²) in [5.41, 5.74) is 4.20. The number of hydrogen-bond donors (Lipinski definition) is 3. The van der Waals surface area contributed by atoms with Crippen LogP contribution in [0.1, 0.15) is 0 Å². The van der Waals surface area contributed by atoms with Crippen molar-refractivity contribution in [1.82, 2.24) is 35.1 Å². The van der Waals surface area contributed by atoms with E-state index in [0.29, 0.717) is 76.1 Å². The summed E-state index contributed by atoms with van der Waals surface area (Å²) in [6.07, 6.45) is 8.41. The molecule has 1 aliphatic rings. The molecule has 1 aromatic carbocycles. The summed E-state index contributed by atoms with van der Waals surface area (Å²) in [6, 6.07) is 5.62. The van der Waals surface area contributed by atoms with E-state index in [9.17, 15) is 4.57 Å². The summed E-state index contributed by atoms with van der Waals surface area (Å²) in [5.74, 6) is 1.93. The number of rotatable bonds is 8. The zero-order valence-electron chi connectivity index (χ0n) is 23.1. The van der Waals surface area contributed by atoms with Gasteiger partial charge in [-0.25, -0.2) is 4.98 Å². The maximum absolute atomic E-state index is 13.4. The van der Waals surface area contributed by atoms with E-state index in [2.05, 4.69) is 56.6 Å². The monoisotopic (exact) mass is 650 g/mol. The van der Waals surface area contributed by atoms with E-state index in [1.54, 1.807) is 45.2 Å². The summed E-state index contributed by atoms with van der Waals surface area (Å²) >= 11 is 3.54. The first-order chi connectivity index (χ1) is 20.3. The van der Waals surface area contributed by atoms with Crippen molar-refractivity contribution in [2.45, 2.75) is 0 Å². The van der Waals surface area contributed by atoms with Gasteiger partial charge in [0.05, 0.1) is 47.5 Å². The molecule has 13 nitrogen and oxygen atoms in total. The highest BCUT2D eigenvalue weighted by atomic mass is 79.9. The number of benzene rings is 1. The molecule has 6 rings (SSSR count). The molecule has 15 heteroatoms. The largest absolute Gasteiger partial charge is 0.479 e. The molecule has 3 N–H and O–H groups in total. The molecule has 0 unspecified atom stereocenters. The summed E-state index contributed by atoms with van der Waals surface area (Å²) < 4.78 is 25.2. The third-order valence-corrected chi connectivity index (χ3v) is 8.79. The van der Waals surface area contributed by atoms with Crippen LogP contribution < -0.4 is 25.6 Å². The lowest BCUT2D eigenvalue weighted by Gasteiger charge is -2.30. The number of pyridine rings is 1. The molecule has 5 heterocycles. The summed E-state index contributed by atoms with van der Waals surface area (Å²) in [7, 11) is -1.19. The highest BCUT2D eigenvalue weighted by Gasteiger charge is 2.24. The van der Waals surface area contributed by atoms with Gasteiger partial charge in [0, 0.05) is 49.0 Å². The molecule has 1 fully saturated rings. The molecular formula is C27H28BrN10O3P. The lowest BCUT2D eigenvalue weighted by Crippen LogP contribution is -2.37. The summed E-state index contributed by atoms with van der Waals surface area (Å²) in [5, 5.41) is 14.2. The number of H-pyrrole nitrogens is 1. The molecule has 4 aromatic heterocycles. The Bertz CT molecular complexity index is 1790. The number of hydrogen-bond acceptors (Lipinski definition) is 12. The molecule has 5 aromatic rings. The van der Waals surface area contributed by atoms with Crippen molar-refractivity contribution in [2.75, 3.05) is 62.3 Å². The number of nitrogens with zero attached hydrogens (tertiary/aromatic N) is 7. The van der Waals surface area contributed by atoms with Crippen LogP contribution in [0.15, 0.2) is 53.7 Å². The molecule has 1 aliphatic heterocycles. The normalized spacial score (nSPS) is 13.8. The Morgan fingerprint density at radius 2 is 1.86 bits per heavy atom. The average Bonchev–Trinajstić information content (AvgIpc) is 3.53. The van der Waals surface area contributed by atoms with Gasteiger partial charge in [-0.2, -0.15) is 15.1 Å². The van der Waals surface area contributed by atoms with Gasteiger partial charge < -0.3 is 29.6 Å². The summed E-state index contributed by atoms with van der Waals surface area (Å²) in [4.78, 5) is 25.0. The van der Waals surface area contributed by atoms with E-state index in [0.717, 1.165) is 16.9 Å². The lowest BCUT2D eigenvalue weighted by molar-refractivity contribution is 0.122. The smallest absolute Gasteiger partial charge is 0.239 e. The second-order valence-corrected chi connectivity index (χ2v) is 13.9. The van der Waals surface area contributed by atoms with Crippen molar-refractivity contribution in [1.29, 1.82) is 0 Å². The quantitative estimate of drug-likeness (QED) is 0.202. The van der Waals surface area contributed by atoms with E-state index in [4.69, 9.17) is 19.4 Å². The Labute approximate surface area is 250 Å². The number of anilines is 5. The van der Waals surface area contributed by atoms with Gasteiger partial charge in [0.1, 0.15) is 30.0 Å². The van der Waals surface area contributed by atoms with Crippen LogP contribution in [0.25, 0.3) is 22.2 Å². The number of morpholine rings is 1. The topological polar surface area (TPSA) is 156 Å². The second-order valence-electron chi connectivity index (χ2n) is 9.88. The minimum Gasteiger partial charge on any atom is -0.479 e. The predicted octanol–water partition coefficient (Wildman–Crippen LogP) is 4.55. The molecule has 0 atom stereocenters. The molecule has 0 spiro atoms. The van der Waals surface area contributed by atoms with E-state index in [1.165, 1.54) is 0 Å². The average molecular weight is 651 g/mol. The van der Waals surface area contributed by atoms with Crippen LogP contribution in [0, 0.1) is 0 Å². The fourth-order valence-electron chi connectivity index (χ4n) is 4.79. The van der Waals surface area contributed by atoms with Crippen LogP contribution in [-0.4, -0.2) is 81.9 Å². The van der Waals surface area contributed by atoms with Gasteiger partial charge in [-0.05, 0) is 47.5 Å².